The van der Waals surface area contributed by atoms with Crippen LogP contribution in [0.4, 0.5) is 0 Å². The normalized spacial score (nSPS) is 10.0. The Hall–Kier alpha value is -2.12. The summed E-state index contributed by atoms with van der Waals surface area (Å²) in [6, 6.07) is 8.76. The zero-order valence-corrected chi connectivity index (χ0v) is 11.4. The lowest BCUT2D eigenvalue weighted by molar-refractivity contribution is 0.454. The van der Waals surface area contributed by atoms with Gasteiger partial charge in [-0.05, 0) is 31.5 Å². The predicted molar refractivity (Wildman–Crippen MR) is 72.4 cm³/mol. The van der Waals surface area contributed by atoms with E-state index in [-0.39, 0.29) is 5.15 Å². The second-order valence-corrected chi connectivity index (χ2v) is 4.37. The van der Waals surface area contributed by atoms with Gasteiger partial charge in [0.05, 0.1) is 17.3 Å². The Bertz CT molecular complexity index is 650. The molecule has 0 N–H and O–H groups in total. The SMILES string of the molecule is CCc1nc(C)ccc1Oc1cc(C#N)cc(Cl)n1. The Morgan fingerprint density at radius 2 is 2.11 bits per heavy atom. The number of hydrogen-bond donors (Lipinski definition) is 0. The Balaban J connectivity index is 2.36. The average molecular weight is 274 g/mol. The van der Waals surface area contributed by atoms with Crippen molar-refractivity contribution >= 4 is 11.6 Å². The molecule has 0 amide bonds. The highest BCUT2D eigenvalue weighted by molar-refractivity contribution is 6.29. The van der Waals surface area contributed by atoms with Gasteiger partial charge >= 0.3 is 0 Å². The monoisotopic (exact) mass is 273 g/mol. The van der Waals surface area contributed by atoms with Crippen LogP contribution in [0.1, 0.15) is 23.9 Å². The van der Waals surface area contributed by atoms with Crippen molar-refractivity contribution in [2.75, 3.05) is 0 Å². The summed E-state index contributed by atoms with van der Waals surface area (Å²) in [5.41, 5.74) is 2.19. The van der Waals surface area contributed by atoms with Crippen molar-refractivity contribution in [1.82, 2.24) is 9.97 Å². The zero-order valence-electron chi connectivity index (χ0n) is 10.6. The van der Waals surface area contributed by atoms with E-state index in [1.165, 1.54) is 6.07 Å². The third kappa shape index (κ3) is 3.21. The Kier molecular flexibility index (Phi) is 3.98. The molecule has 2 heterocycles. The molecule has 0 unspecified atom stereocenters. The summed E-state index contributed by atoms with van der Waals surface area (Å²) in [6.45, 7) is 3.93. The van der Waals surface area contributed by atoms with E-state index in [0.717, 1.165) is 17.8 Å². The standard InChI is InChI=1S/C14H12ClN3O/c1-3-11-12(5-4-9(2)17-11)19-14-7-10(8-16)6-13(15)18-14/h4-7H,3H2,1-2H3. The van der Waals surface area contributed by atoms with Gasteiger partial charge in [-0.3, -0.25) is 4.98 Å². The molecule has 0 saturated carbocycles. The molecule has 0 spiro atoms. The van der Waals surface area contributed by atoms with Crippen LogP contribution in [-0.4, -0.2) is 9.97 Å². The molecule has 4 nitrogen and oxygen atoms in total. The molecule has 19 heavy (non-hydrogen) atoms. The van der Waals surface area contributed by atoms with Crippen molar-refractivity contribution in [3.05, 3.63) is 46.4 Å². The van der Waals surface area contributed by atoms with Gasteiger partial charge in [0.25, 0.3) is 0 Å². The molecule has 5 heteroatoms. The van der Waals surface area contributed by atoms with Gasteiger partial charge < -0.3 is 4.74 Å². The number of nitriles is 1. The third-order valence-electron chi connectivity index (χ3n) is 2.52. The first kappa shape index (κ1) is 13.3. The van der Waals surface area contributed by atoms with Crippen LogP contribution in [0.25, 0.3) is 0 Å². The molecule has 0 aliphatic rings. The van der Waals surface area contributed by atoms with E-state index in [4.69, 9.17) is 21.6 Å². The third-order valence-corrected chi connectivity index (χ3v) is 2.71. The molecule has 0 bridgehead atoms. The smallest absolute Gasteiger partial charge is 0.222 e. The van der Waals surface area contributed by atoms with Crippen molar-refractivity contribution in [2.24, 2.45) is 0 Å². The minimum atomic E-state index is 0.229. The molecule has 2 aromatic rings. The Labute approximate surface area is 116 Å². The highest BCUT2D eigenvalue weighted by Gasteiger charge is 2.08. The molecule has 0 saturated heterocycles. The minimum Gasteiger partial charge on any atom is -0.437 e. The van der Waals surface area contributed by atoms with Crippen molar-refractivity contribution in [3.8, 4) is 17.7 Å². The molecule has 0 aromatic carbocycles. The van der Waals surface area contributed by atoms with Gasteiger partial charge in [-0.1, -0.05) is 18.5 Å². The molecule has 0 aliphatic heterocycles. The highest BCUT2D eigenvalue weighted by atomic mass is 35.5. The van der Waals surface area contributed by atoms with Gasteiger partial charge in [0, 0.05) is 11.8 Å². The minimum absolute atomic E-state index is 0.229. The van der Waals surface area contributed by atoms with Crippen LogP contribution in [0.5, 0.6) is 11.6 Å². The van der Waals surface area contributed by atoms with Crippen LogP contribution in [0.15, 0.2) is 24.3 Å². The molecular formula is C14H12ClN3O. The molecule has 96 valence electrons. The van der Waals surface area contributed by atoms with E-state index in [1.54, 1.807) is 6.07 Å². The molecule has 2 rings (SSSR count). The van der Waals surface area contributed by atoms with Crippen LogP contribution < -0.4 is 4.74 Å². The van der Waals surface area contributed by atoms with Crippen molar-refractivity contribution < 1.29 is 4.74 Å². The lowest BCUT2D eigenvalue weighted by atomic mass is 10.2. The van der Waals surface area contributed by atoms with E-state index >= 15 is 0 Å². The fraction of sp³-hybridized carbons (Fsp3) is 0.214. The second-order valence-electron chi connectivity index (χ2n) is 3.98. The number of halogens is 1. The summed E-state index contributed by atoms with van der Waals surface area (Å²) in [6.07, 6.45) is 0.753. The predicted octanol–water partition coefficient (Wildman–Crippen LogP) is 3.66. The topological polar surface area (TPSA) is 58.8 Å². The maximum atomic E-state index is 8.89. The van der Waals surface area contributed by atoms with Gasteiger partial charge in [-0.2, -0.15) is 5.26 Å². The average Bonchev–Trinajstić information content (AvgIpc) is 2.40. The van der Waals surface area contributed by atoms with Crippen LogP contribution >= 0.6 is 11.6 Å². The van der Waals surface area contributed by atoms with E-state index in [9.17, 15) is 0 Å². The summed E-state index contributed by atoms with van der Waals surface area (Å²) < 4.78 is 5.67. The van der Waals surface area contributed by atoms with Gasteiger partial charge in [-0.25, -0.2) is 4.98 Å². The second kappa shape index (κ2) is 5.68. The first-order chi connectivity index (χ1) is 9.12. The number of pyridine rings is 2. The fourth-order valence-corrected chi connectivity index (χ4v) is 1.85. The highest BCUT2D eigenvalue weighted by Crippen LogP contribution is 2.25. The quantitative estimate of drug-likeness (QED) is 0.801. The van der Waals surface area contributed by atoms with Gasteiger partial charge in [-0.15, -0.1) is 0 Å². The zero-order chi connectivity index (χ0) is 13.8. The molecule has 0 aliphatic carbocycles. The number of hydrogen-bond acceptors (Lipinski definition) is 4. The fourth-order valence-electron chi connectivity index (χ4n) is 1.65. The summed E-state index contributed by atoms with van der Waals surface area (Å²) in [7, 11) is 0. The molecule has 2 aromatic heterocycles. The first-order valence-electron chi connectivity index (χ1n) is 5.84. The number of ether oxygens (including phenoxy) is 1. The number of nitrogens with zero attached hydrogens (tertiary/aromatic N) is 3. The maximum Gasteiger partial charge on any atom is 0.222 e. The molecular weight excluding hydrogens is 262 g/mol. The summed E-state index contributed by atoms with van der Waals surface area (Å²) in [4.78, 5) is 8.44. The molecule has 0 atom stereocenters. The largest absolute Gasteiger partial charge is 0.437 e. The van der Waals surface area contributed by atoms with Crippen LogP contribution in [-0.2, 0) is 6.42 Å². The van der Waals surface area contributed by atoms with Crippen molar-refractivity contribution in [1.29, 1.82) is 5.26 Å². The van der Waals surface area contributed by atoms with Crippen molar-refractivity contribution in [2.45, 2.75) is 20.3 Å². The summed E-state index contributed by atoms with van der Waals surface area (Å²) >= 11 is 5.84. The van der Waals surface area contributed by atoms with Gasteiger partial charge in [0.15, 0.2) is 5.75 Å². The number of aryl methyl sites for hydroxylation is 2. The van der Waals surface area contributed by atoms with Gasteiger partial charge in [0.2, 0.25) is 5.88 Å². The Morgan fingerprint density at radius 1 is 1.32 bits per heavy atom. The number of rotatable bonds is 3. The maximum absolute atomic E-state index is 8.89. The summed E-state index contributed by atoms with van der Waals surface area (Å²) in [5, 5.41) is 9.11. The lowest BCUT2D eigenvalue weighted by Gasteiger charge is -2.09. The van der Waals surface area contributed by atoms with Crippen LogP contribution in [0, 0.1) is 18.3 Å². The van der Waals surface area contributed by atoms with E-state index in [2.05, 4.69) is 9.97 Å². The first-order valence-corrected chi connectivity index (χ1v) is 6.22. The lowest BCUT2D eigenvalue weighted by Crippen LogP contribution is -1.97. The van der Waals surface area contributed by atoms with E-state index in [1.807, 2.05) is 32.0 Å². The van der Waals surface area contributed by atoms with E-state index in [0.29, 0.717) is 17.2 Å². The van der Waals surface area contributed by atoms with Crippen LogP contribution in [0.3, 0.4) is 0 Å². The molecule has 0 fully saturated rings. The summed E-state index contributed by atoms with van der Waals surface area (Å²) in [5.74, 6) is 0.927. The molecule has 0 radical (unpaired) electrons. The number of aromatic nitrogens is 2. The van der Waals surface area contributed by atoms with Gasteiger partial charge in [0.1, 0.15) is 5.15 Å². The Morgan fingerprint density at radius 3 is 2.79 bits per heavy atom. The van der Waals surface area contributed by atoms with Crippen molar-refractivity contribution in [3.63, 3.8) is 0 Å². The van der Waals surface area contributed by atoms with Crippen LogP contribution in [0.2, 0.25) is 5.15 Å². The van der Waals surface area contributed by atoms with E-state index < -0.39 is 0 Å².